The Morgan fingerprint density at radius 1 is 1.52 bits per heavy atom. The SMILES string of the molecule is Cc1nn(C)c(NCC(CC(C)(C)C)C(=O)O)c1[N+](=O)[O-]. The van der Waals surface area contributed by atoms with Crippen LogP contribution in [-0.2, 0) is 11.8 Å². The minimum Gasteiger partial charge on any atom is -0.481 e. The maximum absolute atomic E-state index is 11.3. The molecule has 0 aliphatic carbocycles. The first-order valence-corrected chi connectivity index (χ1v) is 6.67. The van der Waals surface area contributed by atoms with E-state index in [0.717, 1.165) is 0 Å². The lowest BCUT2D eigenvalue weighted by atomic mass is 9.84. The van der Waals surface area contributed by atoms with Crippen molar-refractivity contribution in [3.63, 3.8) is 0 Å². The number of carbonyl (C=O) groups is 1. The van der Waals surface area contributed by atoms with E-state index in [2.05, 4.69) is 10.4 Å². The van der Waals surface area contributed by atoms with Gasteiger partial charge in [-0.25, -0.2) is 4.68 Å². The molecular weight excluding hydrogens is 276 g/mol. The molecule has 0 aromatic carbocycles. The molecule has 1 atom stereocenters. The van der Waals surface area contributed by atoms with Crippen molar-refractivity contribution in [2.45, 2.75) is 34.1 Å². The number of nitrogens with one attached hydrogen (secondary N) is 1. The molecular formula is C13H22N4O4. The highest BCUT2D eigenvalue weighted by Gasteiger charge is 2.28. The Bertz CT molecular complexity index is 545. The summed E-state index contributed by atoms with van der Waals surface area (Å²) in [4.78, 5) is 21.9. The lowest BCUT2D eigenvalue weighted by Gasteiger charge is -2.23. The number of hydrogen-bond donors (Lipinski definition) is 2. The molecule has 1 aromatic heterocycles. The van der Waals surface area contributed by atoms with Crippen molar-refractivity contribution in [1.82, 2.24) is 9.78 Å². The molecule has 1 unspecified atom stereocenters. The van der Waals surface area contributed by atoms with Crippen LogP contribution < -0.4 is 5.32 Å². The number of nitrogens with zero attached hydrogens (tertiary/aromatic N) is 3. The Morgan fingerprint density at radius 2 is 2.10 bits per heavy atom. The molecule has 0 fully saturated rings. The molecule has 21 heavy (non-hydrogen) atoms. The van der Waals surface area contributed by atoms with Crippen LogP contribution in [0.2, 0.25) is 0 Å². The summed E-state index contributed by atoms with van der Waals surface area (Å²) in [6, 6.07) is 0. The van der Waals surface area contributed by atoms with Crippen LogP contribution in [0.3, 0.4) is 0 Å². The van der Waals surface area contributed by atoms with Crippen molar-refractivity contribution in [2.75, 3.05) is 11.9 Å². The van der Waals surface area contributed by atoms with Crippen molar-refractivity contribution in [1.29, 1.82) is 0 Å². The van der Waals surface area contributed by atoms with Gasteiger partial charge in [-0.15, -0.1) is 0 Å². The van der Waals surface area contributed by atoms with Gasteiger partial charge in [-0.05, 0) is 18.8 Å². The van der Waals surface area contributed by atoms with E-state index in [-0.39, 0.29) is 23.5 Å². The summed E-state index contributed by atoms with van der Waals surface area (Å²) < 4.78 is 1.36. The minimum absolute atomic E-state index is 0.114. The summed E-state index contributed by atoms with van der Waals surface area (Å²) in [5.41, 5.74) is 0.0454. The Hall–Kier alpha value is -2.12. The third-order valence-electron chi connectivity index (χ3n) is 3.10. The van der Waals surface area contributed by atoms with Gasteiger partial charge in [0.1, 0.15) is 5.69 Å². The van der Waals surface area contributed by atoms with Crippen LogP contribution in [0, 0.1) is 28.4 Å². The van der Waals surface area contributed by atoms with Gasteiger partial charge in [-0.3, -0.25) is 14.9 Å². The highest BCUT2D eigenvalue weighted by molar-refractivity contribution is 5.71. The zero-order chi connectivity index (χ0) is 16.4. The van der Waals surface area contributed by atoms with Crippen LogP contribution in [0.15, 0.2) is 0 Å². The molecule has 1 rings (SSSR count). The second-order valence-electron chi connectivity index (χ2n) is 6.34. The summed E-state index contributed by atoms with van der Waals surface area (Å²) in [6.45, 7) is 7.54. The predicted octanol–water partition coefficient (Wildman–Crippen LogP) is 2.19. The monoisotopic (exact) mass is 298 g/mol. The fourth-order valence-electron chi connectivity index (χ4n) is 2.27. The van der Waals surface area contributed by atoms with E-state index in [1.807, 2.05) is 20.8 Å². The van der Waals surface area contributed by atoms with Gasteiger partial charge in [-0.2, -0.15) is 5.10 Å². The molecule has 0 saturated carbocycles. The van der Waals surface area contributed by atoms with E-state index in [4.69, 9.17) is 0 Å². The highest BCUT2D eigenvalue weighted by Crippen LogP contribution is 2.29. The lowest BCUT2D eigenvalue weighted by molar-refractivity contribution is -0.384. The number of carboxylic acids is 1. The van der Waals surface area contributed by atoms with Gasteiger partial charge in [-0.1, -0.05) is 20.8 Å². The van der Waals surface area contributed by atoms with E-state index < -0.39 is 16.8 Å². The number of aromatic nitrogens is 2. The predicted molar refractivity (Wildman–Crippen MR) is 78.3 cm³/mol. The Morgan fingerprint density at radius 3 is 2.52 bits per heavy atom. The molecule has 1 heterocycles. The maximum Gasteiger partial charge on any atom is 0.333 e. The summed E-state index contributed by atoms with van der Waals surface area (Å²) in [5.74, 6) is -1.31. The third kappa shape index (κ3) is 4.44. The Kier molecular flexibility index (Phi) is 4.93. The van der Waals surface area contributed by atoms with Gasteiger partial charge in [0, 0.05) is 13.6 Å². The largest absolute Gasteiger partial charge is 0.481 e. The normalized spacial score (nSPS) is 13.0. The number of anilines is 1. The van der Waals surface area contributed by atoms with Gasteiger partial charge in [0.05, 0.1) is 10.8 Å². The van der Waals surface area contributed by atoms with Crippen molar-refractivity contribution >= 4 is 17.5 Å². The highest BCUT2D eigenvalue weighted by atomic mass is 16.6. The van der Waals surface area contributed by atoms with E-state index in [1.165, 1.54) is 4.68 Å². The maximum atomic E-state index is 11.3. The van der Waals surface area contributed by atoms with Crippen molar-refractivity contribution in [3.8, 4) is 0 Å². The molecule has 2 N–H and O–H groups in total. The van der Waals surface area contributed by atoms with Crippen LogP contribution in [0.4, 0.5) is 11.5 Å². The molecule has 0 amide bonds. The molecule has 0 aliphatic rings. The average molecular weight is 298 g/mol. The van der Waals surface area contributed by atoms with Crippen molar-refractivity contribution in [3.05, 3.63) is 15.8 Å². The molecule has 8 nitrogen and oxygen atoms in total. The van der Waals surface area contributed by atoms with Gasteiger partial charge in [0.2, 0.25) is 5.82 Å². The average Bonchev–Trinajstić information content (AvgIpc) is 2.57. The topological polar surface area (TPSA) is 110 Å². The number of carboxylic acid groups (broad SMARTS) is 1. The van der Waals surface area contributed by atoms with Crippen LogP contribution in [0.5, 0.6) is 0 Å². The van der Waals surface area contributed by atoms with Crippen molar-refractivity contribution in [2.24, 2.45) is 18.4 Å². The zero-order valence-electron chi connectivity index (χ0n) is 13.0. The molecule has 0 aliphatic heterocycles. The standard InChI is InChI=1S/C13H22N4O4/c1-8-10(17(20)21)11(16(5)15-8)14-7-9(12(18)19)6-13(2,3)4/h9,14H,6-7H2,1-5H3,(H,18,19). The second kappa shape index (κ2) is 6.11. The van der Waals surface area contributed by atoms with Gasteiger partial charge in [0.25, 0.3) is 0 Å². The third-order valence-corrected chi connectivity index (χ3v) is 3.10. The fourth-order valence-corrected chi connectivity index (χ4v) is 2.27. The second-order valence-corrected chi connectivity index (χ2v) is 6.34. The number of nitro groups is 1. The Labute approximate surface area is 123 Å². The summed E-state index contributed by atoms with van der Waals surface area (Å²) in [5, 5.41) is 27.2. The molecule has 1 aromatic rings. The van der Waals surface area contributed by atoms with Crippen molar-refractivity contribution < 1.29 is 14.8 Å². The molecule has 0 saturated heterocycles. The lowest BCUT2D eigenvalue weighted by Crippen LogP contribution is -2.28. The van der Waals surface area contributed by atoms with E-state index in [9.17, 15) is 20.0 Å². The number of aliphatic carboxylic acids is 1. The first-order chi connectivity index (χ1) is 9.53. The zero-order valence-corrected chi connectivity index (χ0v) is 13.0. The minimum atomic E-state index is -0.918. The summed E-state index contributed by atoms with van der Waals surface area (Å²) >= 11 is 0. The molecule has 0 spiro atoms. The number of aryl methyl sites for hydroxylation is 2. The smallest absolute Gasteiger partial charge is 0.333 e. The number of hydrogen-bond acceptors (Lipinski definition) is 5. The van der Waals surface area contributed by atoms with E-state index in [0.29, 0.717) is 12.1 Å². The number of rotatable bonds is 6. The summed E-state index contributed by atoms with van der Waals surface area (Å²) in [7, 11) is 1.59. The van der Waals surface area contributed by atoms with Gasteiger partial charge < -0.3 is 10.4 Å². The quantitative estimate of drug-likeness (QED) is 0.615. The fraction of sp³-hybridized carbons (Fsp3) is 0.692. The first kappa shape index (κ1) is 16.9. The Balaban J connectivity index is 2.91. The molecule has 0 bridgehead atoms. The van der Waals surface area contributed by atoms with Gasteiger partial charge >= 0.3 is 11.7 Å². The van der Waals surface area contributed by atoms with Crippen LogP contribution >= 0.6 is 0 Å². The molecule has 8 heteroatoms. The molecule has 118 valence electrons. The molecule has 0 radical (unpaired) electrons. The summed E-state index contributed by atoms with van der Waals surface area (Å²) in [6.07, 6.45) is 0.472. The van der Waals surface area contributed by atoms with Crippen LogP contribution in [0.1, 0.15) is 32.9 Å². The van der Waals surface area contributed by atoms with Crippen LogP contribution in [0.25, 0.3) is 0 Å². The van der Waals surface area contributed by atoms with Crippen LogP contribution in [-0.4, -0.2) is 32.3 Å². The van der Waals surface area contributed by atoms with E-state index in [1.54, 1.807) is 14.0 Å². The van der Waals surface area contributed by atoms with E-state index >= 15 is 0 Å². The first-order valence-electron chi connectivity index (χ1n) is 6.67. The van der Waals surface area contributed by atoms with Gasteiger partial charge in [0.15, 0.2) is 0 Å².